The fourth-order valence-electron chi connectivity index (χ4n) is 2.34. The van der Waals surface area contributed by atoms with Crippen molar-refractivity contribution < 1.29 is 4.79 Å². The molecule has 3 nitrogen and oxygen atoms in total. The summed E-state index contributed by atoms with van der Waals surface area (Å²) < 4.78 is 0. The quantitative estimate of drug-likeness (QED) is 0.772. The Labute approximate surface area is 93.0 Å². The zero-order chi connectivity index (χ0) is 11.4. The summed E-state index contributed by atoms with van der Waals surface area (Å²) in [6.07, 6.45) is 3.24. The monoisotopic (exact) mass is 212 g/mol. The molecule has 0 saturated carbocycles. The van der Waals surface area contributed by atoms with Gasteiger partial charge in [-0.2, -0.15) is 0 Å². The van der Waals surface area contributed by atoms with Crippen LogP contribution in [0.4, 0.5) is 0 Å². The van der Waals surface area contributed by atoms with Crippen LogP contribution in [0.3, 0.4) is 0 Å². The Balaban J connectivity index is 2.69. The minimum atomic E-state index is 0.143. The number of nitrogens with zero attached hydrogens (tertiary/aromatic N) is 1. The summed E-state index contributed by atoms with van der Waals surface area (Å²) in [7, 11) is 0. The molecule has 0 aliphatic carbocycles. The lowest BCUT2D eigenvalue weighted by molar-refractivity contribution is -0.140. The van der Waals surface area contributed by atoms with Gasteiger partial charge >= 0.3 is 0 Å². The molecule has 1 rings (SSSR count). The SMILES string of the molecule is CC[C@H](C)C(=O)N1CCC[C@@H](C)[C@@H]1CN. The van der Waals surface area contributed by atoms with E-state index < -0.39 is 0 Å². The molecule has 1 aliphatic heterocycles. The molecule has 1 saturated heterocycles. The van der Waals surface area contributed by atoms with Gasteiger partial charge in [-0.25, -0.2) is 0 Å². The summed E-state index contributed by atoms with van der Waals surface area (Å²) >= 11 is 0. The maximum Gasteiger partial charge on any atom is 0.225 e. The first-order valence-corrected chi connectivity index (χ1v) is 6.12. The van der Waals surface area contributed by atoms with Crippen molar-refractivity contribution >= 4 is 5.91 Å². The molecule has 1 amide bonds. The lowest BCUT2D eigenvalue weighted by atomic mass is 9.89. The Morgan fingerprint density at radius 3 is 2.80 bits per heavy atom. The molecule has 0 bridgehead atoms. The highest BCUT2D eigenvalue weighted by Crippen LogP contribution is 2.24. The Hall–Kier alpha value is -0.570. The van der Waals surface area contributed by atoms with Gasteiger partial charge in [0.1, 0.15) is 0 Å². The smallest absolute Gasteiger partial charge is 0.225 e. The second-order valence-electron chi connectivity index (χ2n) is 4.76. The summed E-state index contributed by atoms with van der Waals surface area (Å²) in [4.78, 5) is 14.1. The van der Waals surface area contributed by atoms with Crippen LogP contribution in [-0.4, -0.2) is 29.9 Å². The lowest BCUT2D eigenvalue weighted by Crippen LogP contribution is -2.52. The predicted octanol–water partition coefficient (Wildman–Crippen LogP) is 1.62. The number of carbonyl (C=O) groups excluding carboxylic acids is 1. The van der Waals surface area contributed by atoms with E-state index in [1.54, 1.807) is 0 Å². The van der Waals surface area contributed by atoms with Crippen LogP contribution in [-0.2, 0) is 4.79 Å². The van der Waals surface area contributed by atoms with Gasteiger partial charge in [-0.3, -0.25) is 4.79 Å². The minimum Gasteiger partial charge on any atom is -0.338 e. The molecule has 3 heteroatoms. The maximum absolute atomic E-state index is 12.1. The van der Waals surface area contributed by atoms with Crippen molar-refractivity contribution in [3.05, 3.63) is 0 Å². The molecule has 15 heavy (non-hydrogen) atoms. The van der Waals surface area contributed by atoms with Gasteiger partial charge in [0.15, 0.2) is 0 Å². The van der Waals surface area contributed by atoms with Crippen molar-refractivity contribution in [1.82, 2.24) is 4.90 Å². The van der Waals surface area contributed by atoms with Crippen LogP contribution in [0.15, 0.2) is 0 Å². The molecule has 0 radical (unpaired) electrons. The summed E-state index contributed by atoms with van der Waals surface area (Å²) in [6, 6.07) is 0.264. The maximum atomic E-state index is 12.1. The first-order valence-electron chi connectivity index (χ1n) is 6.12. The molecule has 0 aromatic heterocycles. The minimum absolute atomic E-state index is 0.143. The van der Waals surface area contributed by atoms with Gasteiger partial charge in [0, 0.05) is 25.0 Å². The van der Waals surface area contributed by atoms with Crippen molar-refractivity contribution in [3.63, 3.8) is 0 Å². The number of piperidine rings is 1. The van der Waals surface area contributed by atoms with E-state index in [1.165, 1.54) is 6.42 Å². The van der Waals surface area contributed by atoms with E-state index in [2.05, 4.69) is 13.8 Å². The number of nitrogens with two attached hydrogens (primary N) is 1. The third-order valence-corrected chi connectivity index (χ3v) is 3.67. The molecule has 0 unspecified atom stereocenters. The molecule has 0 aromatic carbocycles. The summed E-state index contributed by atoms with van der Waals surface area (Å²) in [6.45, 7) is 7.77. The summed E-state index contributed by atoms with van der Waals surface area (Å²) in [5.41, 5.74) is 5.77. The highest BCUT2D eigenvalue weighted by molar-refractivity contribution is 5.78. The highest BCUT2D eigenvalue weighted by atomic mass is 16.2. The fourth-order valence-corrected chi connectivity index (χ4v) is 2.34. The summed E-state index contributed by atoms with van der Waals surface area (Å²) in [5.74, 6) is 0.987. The van der Waals surface area contributed by atoms with E-state index in [0.717, 1.165) is 19.4 Å². The van der Waals surface area contributed by atoms with Crippen LogP contribution in [0.25, 0.3) is 0 Å². The number of hydrogen-bond donors (Lipinski definition) is 1. The molecule has 1 fully saturated rings. The van der Waals surface area contributed by atoms with Crippen molar-refractivity contribution in [2.75, 3.05) is 13.1 Å². The van der Waals surface area contributed by atoms with Crippen molar-refractivity contribution in [2.24, 2.45) is 17.6 Å². The van der Waals surface area contributed by atoms with Crippen LogP contribution in [0, 0.1) is 11.8 Å². The van der Waals surface area contributed by atoms with E-state index >= 15 is 0 Å². The normalized spacial score (nSPS) is 28.9. The molecule has 88 valence electrons. The van der Waals surface area contributed by atoms with Crippen LogP contribution in [0.2, 0.25) is 0 Å². The van der Waals surface area contributed by atoms with Crippen LogP contribution >= 0.6 is 0 Å². The van der Waals surface area contributed by atoms with E-state index in [4.69, 9.17) is 5.73 Å². The average molecular weight is 212 g/mol. The average Bonchev–Trinajstić information content (AvgIpc) is 2.26. The van der Waals surface area contributed by atoms with Gasteiger partial charge in [-0.15, -0.1) is 0 Å². The second-order valence-corrected chi connectivity index (χ2v) is 4.76. The van der Waals surface area contributed by atoms with Crippen molar-refractivity contribution in [1.29, 1.82) is 0 Å². The summed E-state index contributed by atoms with van der Waals surface area (Å²) in [5, 5.41) is 0. The number of rotatable bonds is 3. The topological polar surface area (TPSA) is 46.3 Å². The molecular weight excluding hydrogens is 188 g/mol. The fraction of sp³-hybridized carbons (Fsp3) is 0.917. The number of likely N-dealkylation sites (tertiary alicyclic amines) is 1. The van der Waals surface area contributed by atoms with E-state index in [0.29, 0.717) is 18.4 Å². The van der Waals surface area contributed by atoms with Crippen LogP contribution < -0.4 is 5.73 Å². The standard InChI is InChI=1S/C12H24N2O/c1-4-9(2)12(15)14-7-5-6-10(3)11(14)8-13/h9-11H,4-8,13H2,1-3H3/t9-,10+,11-/m0/s1. The first kappa shape index (κ1) is 12.5. The Bertz CT molecular complexity index is 218. The molecule has 0 aromatic rings. The van der Waals surface area contributed by atoms with Crippen LogP contribution in [0.1, 0.15) is 40.0 Å². The van der Waals surface area contributed by atoms with Crippen molar-refractivity contribution in [3.8, 4) is 0 Å². The number of amides is 1. The Kier molecular flexibility index (Phi) is 4.58. The third-order valence-electron chi connectivity index (χ3n) is 3.67. The molecule has 1 heterocycles. The highest BCUT2D eigenvalue weighted by Gasteiger charge is 2.32. The van der Waals surface area contributed by atoms with Gasteiger partial charge in [0.25, 0.3) is 0 Å². The largest absolute Gasteiger partial charge is 0.338 e. The Morgan fingerprint density at radius 2 is 2.27 bits per heavy atom. The Morgan fingerprint density at radius 1 is 1.60 bits per heavy atom. The zero-order valence-corrected chi connectivity index (χ0v) is 10.2. The van der Waals surface area contributed by atoms with Gasteiger partial charge in [-0.05, 0) is 25.2 Å². The number of hydrogen-bond acceptors (Lipinski definition) is 2. The van der Waals surface area contributed by atoms with E-state index in [-0.39, 0.29) is 12.0 Å². The molecule has 0 spiro atoms. The molecule has 3 atom stereocenters. The first-order chi connectivity index (χ1) is 7.11. The third kappa shape index (κ3) is 2.71. The second kappa shape index (κ2) is 5.50. The van der Waals surface area contributed by atoms with E-state index in [9.17, 15) is 4.79 Å². The number of carbonyl (C=O) groups is 1. The molecular formula is C12H24N2O. The van der Waals surface area contributed by atoms with Gasteiger partial charge in [0.2, 0.25) is 5.91 Å². The van der Waals surface area contributed by atoms with Gasteiger partial charge < -0.3 is 10.6 Å². The predicted molar refractivity (Wildman–Crippen MR) is 62.4 cm³/mol. The van der Waals surface area contributed by atoms with Crippen LogP contribution in [0.5, 0.6) is 0 Å². The molecule has 1 aliphatic rings. The van der Waals surface area contributed by atoms with Gasteiger partial charge in [-0.1, -0.05) is 20.8 Å². The lowest BCUT2D eigenvalue weighted by Gasteiger charge is -2.40. The zero-order valence-electron chi connectivity index (χ0n) is 10.2. The van der Waals surface area contributed by atoms with E-state index in [1.807, 2.05) is 11.8 Å². The van der Waals surface area contributed by atoms with Gasteiger partial charge in [0.05, 0.1) is 0 Å². The molecule has 2 N–H and O–H groups in total. The van der Waals surface area contributed by atoms with Crippen molar-refractivity contribution in [2.45, 2.75) is 46.1 Å².